The van der Waals surface area contributed by atoms with E-state index in [1.807, 2.05) is 0 Å². The van der Waals surface area contributed by atoms with Gasteiger partial charge < -0.3 is 10.5 Å². The average Bonchev–Trinajstić information content (AvgIpc) is 2.87. The van der Waals surface area contributed by atoms with Crippen LogP contribution in [0.5, 0.6) is 0 Å². The molecule has 1 aromatic carbocycles. The Bertz CT molecular complexity index is 557. The van der Waals surface area contributed by atoms with E-state index in [4.69, 9.17) is 10.5 Å². The normalized spacial score (nSPS) is 16.6. The van der Waals surface area contributed by atoms with Crippen molar-refractivity contribution >= 4 is 15.7 Å². The Morgan fingerprint density at radius 3 is 2.70 bits per heavy atom. The van der Waals surface area contributed by atoms with Crippen LogP contribution in [0.25, 0.3) is 0 Å². The molecule has 7 heteroatoms. The molecule has 5 nitrogen and oxygen atoms in total. The zero-order valence-electron chi connectivity index (χ0n) is 11.1. The van der Waals surface area contributed by atoms with E-state index < -0.39 is 20.7 Å². The van der Waals surface area contributed by atoms with Crippen LogP contribution in [0.2, 0.25) is 0 Å². The molecular formula is C13H19FN2O3S. The standard InChI is InChI=1S/C13H19FN2O3S/c14-12-9-10(15)5-6-13(12)20(17,18)16-7-8-19-11-3-1-2-4-11/h5-6,9,11,16H,1-4,7-8,15H2. The summed E-state index contributed by atoms with van der Waals surface area (Å²) in [6.45, 7) is 0.420. The highest BCUT2D eigenvalue weighted by Gasteiger charge is 2.19. The Hall–Kier alpha value is -1.18. The molecule has 0 heterocycles. The Kier molecular flexibility index (Phi) is 4.95. The monoisotopic (exact) mass is 302 g/mol. The van der Waals surface area contributed by atoms with Gasteiger partial charge in [0.1, 0.15) is 10.7 Å². The largest absolute Gasteiger partial charge is 0.399 e. The summed E-state index contributed by atoms with van der Waals surface area (Å²) < 4.78 is 45.3. The van der Waals surface area contributed by atoms with Crippen LogP contribution in [-0.4, -0.2) is 27.7 Å². The zero-order chi connectivity index (χ0) is 14.6. The Labute approximate surface area is 118 Å². The minimum absolute atomic E-state index is 0.128. The van der Waals surface area contributed by atoms with Crippen LogP contribution < -0.4 is 10.5 Å². The summed E-state index contributed by atoms with van der Waals surface area (Å²) in [5.74, 6) is -0.853. The van der Waals surface area contributed by atoms with E-state index in [9.17, 15) is 12.8 Å². The Balaban J connectivity index is 1.87. The van der Waals surface area contributed by atoms with E-state index in [1.54, 1.807) is 0 Å². The van der Waals surface area contributed by atoms with Crippen LogP contribution in [-0.2, 0) is 14.8 Å². The first-order valence-electron chi connectivity index (χ1n) is 6.65. The minimum Gasteiger partial charge on any atom is -0.399 e. The van der Waals surface area contributed by atoms with Crippen molar-refractivity contribution in [3.63, 3.8) is 0 Å². The van der Waals surface area contributed by atoms with E-state index in [0.29, 0.717) is 6.61 Å². The molecular weight excluding hydrogens is 283 g/mol. The number of sulfonamides is 1. The number of hydrogen-bond donors (Lipinski definition) is 2. The van der Waals surface area contributed by atoms with Gasteiger partial charge in [-0.25, -0.2) is 17.5 Å². The predicted octanol–water partition coefficient (Wildman–Crippen LogP) is 1.65. The van der Waals surface area contributed by atoms with Gasteiger partial charge in [-0.3, -0.25) is 0 Å². The maximum Gasteiger partial charge on any atom is 0.243 e. The number of nitrogens with two attached hydrogens (primary N) is 1. The third kappa shape index (κ3) is 3.91. The summed E-state index contributed by atoms with van der Waals surface area (Å²) in [5, 5.41) is 0. The number of hydrogen-bond acceptors (Lipinski definition) is 4. The molecule has 0 saturated heterocycles. The molecule has 1 aromatic rings. The quantitative estimate of drug-likeness (QED) is 0.618. The summed E-state index contributed by atoms with van der Waals surface area (Å²) in [4.78, 5) is -0.396. The zero-order valence-corrected chi connectivity index (χ0v) is 12.0. The van der Waals surface area contributed by atoms with E-state index in [-0.39, 0.29) is 18.3 Å². The summed E-state index contributed by atoms with van der Waals surface area (Å²) in [6.07, 6.45) is 4.60. The third-order valence-electron chi connectivity index (χ3n) is 3.30. The van der Waals surface area contributed by atoms with Crippen LogP contribution in [0.4, 0.5) is 10.1 Å². The molecule has 3 N–H and O–H groups in total. The first kappa shape index (κ1) is 15.2. The first-order valence-corrected chi connectivity index (χ1v) is 8.13. The predicted molar refractivity (Wildman–Crippen MR) is 74.2 cm³/mol. The van der Waals surface area contributed by atoms with E-state index in [0.717, 1.165) is 37.8 Å². The molecule has 112 valence electrons. The van der Waals surface area contributed by atoms with Gasteiger partial charge >= 0.3 is 0 Å². The van der Waals surface area contributed by atoms with Gasteiger partial charge in [-0.2, -0.15) is 0 Å². The molecule has 0 aromatic heterocycles. The number of ether oxygens (including phenoxy) is 1. The molecule has 1 aliphatic rings. The van der Waals surface area contributed by atoms with Gasteiger partial charge in [0, 0.05) is 12.2 Å². The molecule has 0 amide bonds. The van der Waals surface area contributed by atoms with Crippen molar-refractivity contribution in [3.8, 4) is 0 Å². The van der Waals surface area contributed by atoms with Crippen molar-refractivity contribution < 1.29 is 17.5 Å². The van der Waals surface area contributed by atoms with E-state index in [1.165, 1.54) is 6.07 Å². The molecule has 1 aliphatic carbocycles. The van der Waals surface area contributed by atoms with E-state index in [2.05, 4.69) is 4.72 Å². The SMILES string of the molecule is Nc1ccc(S(=O)(=O)NCCOC2CCCC2)c(F)c1. The second-order valence-electron chi connectivity index (χ2n) is 4.86. The third-order valence-corrected chi connectivity index (χ3v) is 4.79. The molecule has 20 heavy (non-hydrogen) atoms. The van der Waals surface area contributed by atoms with Gasteiger partial charge in [0.25, 0.3) is 0 Å². The van der Waals surface area contributed by atoms with Crippen LogP contribution >= 0.6 is 0 Å². The number of nitrogen functional groups attached to an aromatic ring is 1. The Morgan fingerprint density at radius 1 is 1.35 bits per heavy atom. The second kappa shape index (κ2) is 6.51. The van der Waals surface area contributed by atoms with Crippen molar-refractivity contribution in [1.82, 2.24) is 4.72 Å². The maximum atomic E-state index is 13.6. The van der Waals surface area contributed by atoms with Crippen LogP contribution in [0, 0.1) is 5.82 Å². The fraction of sp³-hybridized carbons (Fsp3) is 0.538. The Morgan fingerprint density at radius 2 is 2.05 bits per heavy atom. The van der Waals surface area contributed by atoms with Gasteiger partial charge in [-0.05, 0) is 31.0 Å². The highest BCUT2D eigenvalue weighted by atomic mass is 32.2. The van der Waals surface area contributed by atoms with Crippen LogP contribution in [0.15, 0.2) is 23.1 Å². The number of nitrogens with one attached hydrogen (secondary N) is 1. The molecule has 0 unspecified atom stereocenters. The molecule has 1 fully saturated rings. The lowest BCUT2D eigenvalue weighted by Gasteiger charge is -2.12. The van der Waals surface area contributed by atoms with E-state index >= 15 is 0 Å². The van der Waals surface area contributed by atoms with Gasteiger partial charge in [0.2, 0.25) is 10.0 Å². The van der Waals surface area contributed by atoms with Crippen molar-refractivity contribution in [2.45, 2.75) is 36.7 Å². The molecule has 0 radical (unpaired) electrons. The van der Waals surface area contributed by atoms with Crippen molar-refractivity contribution in [3.05, 3.63) is 24.0 Å². The molecule has 0 spiro atoms. The molecule has 0 atom stereocenters. The first-order chi connectivity index (χ1) is 9.49. The molecule has 1 saturated carbocycles. The lowest BCUT2D eigenvalue weighted by Crippen LogP contribution is -2.29. The second-order valence-corrected chi connectivity index (χ2v) is 6.60. The van der Waals surface area contributed by atoms with Crippen LogP contribution in [0.3, 0.4) is 0 Å². The molecule has 0 aliphatic heterocycles. The number of rotatable bonds is 6. The summed E-state index contributed by atoms with van der Waals surface area (Å²) in [5.41, 5.74) is 5.57. The average molecular weight is 302 g/mol. The fourth-order valence-electron chi connectivity index (χ4n) is 2.27. The summed E-state index contributed by atoms with van der Waals surface area (Å²) >= 11 is 0. The molecule has 2 rings (SSSR count). The summed E-state index contributed by atoms with van der Waals surface area (Å²) in [6, 6.07) is 3.50. The van der Waals surface area contributed by atoms with Crippen molar-refractivity contribution in [2.75, 3.05) is 18.9 Å². The topological polar surface area (TPSA) is 81.4 Å². The lowest BCUT2D eigenvalue weighted by molar-refractivity contribution is 0.0626. The number of benzene rings is 1. The van der Waals surface area contributed by atoms with Crippen LogP contribution in [0.1, 0.15) is 25.7 Å². The smallest absolute Gasteiger partial charge is 0.243 e. The number of anilines is 1. The highest BCUT2D eigenvalue weighted by molar-refractivity contribution is 7.89. The van der Waals surface area contributed by atoms with Gasteiger partial charge in [-0.15, -0.1) is 0 Å². The van der Waals surface area contributed by atoms with Gasteiger partial charge in [-0.1, -0.05) is 12.8 Å². The lowest BCUT2D eigenvalue weighted by atomic mass is 10.3. The van der Waals surface area contributed by atoms with Gasteiger partial charge in [0.05, 0.1) is 12.7 Å². The summed E-state index contributed by atoms with van der Waals surface area (Å²) in [7, 11) is -3.86. The minimum atomic E-state index is -3.86. The van der Waals surface area contributed by atoms with Crippen molar-refractivity contribution in [2.24, 2.45) is 0 Å². The molecule has 0 bridgehead atoms. The fourth-order valence-corrected chi connectivity index (χ4v) is 3.34. The highest BCUT2D eigenvalue weighted by Crippen LogP contribution is 2.20. The number of halogens is 1. The maximum absolute atomic E-state index is 13.6. The van der Waals surface area contributed by atoms with Crippen molar-refractivity contribution in [1.29, 1.82) is 0 Å². The van der Waals surface area contributed by atoms with Gasteiger partial charge in [0.15, 0.2) is 0 Å².